The highest BCUT2D eigenvalue weighted by molar-refractivity contribution is 5.20. The van der Waals surface area contributed by atoms with Crippen molar-refractivity contribution in [3.8, 4) is 0 Å². The second-order valence-electron chi connectivity index (χ2n) is 5.66. The average Bonchev–Trinajstić information content (AvgIpc) is 2.93. The van der Waals surface area contributed by atoms with Gasteiger partial charge in [-0.1, -0.05) is 18.2 Å². The lowest BCUT2D eigenvalue weighted by molar-refractivity contribution is 0.113. The summed E-state index contributed by atoms with van der Waals surface area (Å²) in [6, 6.07) is 6.04. The predicted octanol–water partition coefficient (Wildman–Crippen LogP) is 2.16. The summed E-state index contributed by atoms with van der Waals surface area (Å²) in [6.07, 6.45) is 0.0439. The molecule has 3 rings (SSSR count). The number of piperidine rings is 1. The Kier molecular flexibility index (Phi) is 4.33. The third-order valence-electron chi connectivity index (χ3n) is 4.17. The normalized spacial score (nSPS) is 18.5. The Hall–Kier alpha value is -2.02. The van der Waals surface area contributed by atoms with Crippen LogP contribution in [0.3, 0.4) is 0 Å². The van der Waals surface area contributed by atoms with Gasteiger partial charge in [0.15, 0.2) is 0 Å². The highest BCUT2D eigenvalue weighted by atomic mass is 19.1. The van der Waals surface area contributed by atoms with Gasteiger partial charge < -0.3 is 0 Å². The van der Waals surface area contributed by atoms with E-state index in [-0.39, 0.29) is 17.2 Å². The van der Waals surface area contributed by atoms with Gasteiger partial charge in [-0.25, -0.2) is 18.7 Å². The van der Waals surface area contributed by atoms with Gasteiger partial charge in [0.25, 0.3) is 0 Å². The molecule has 1 aromatic heterocycles. The number of halogens is 2. The third kappa shape index (κ3) is 3.24. The third-order valence-corrected chi connectivity index (χ3v) is 4.17. The number of nitrogens with zero attached hydrogens (tertiary/aromatic N) is 2. The van der Waals surface area contributed by atoms with Crippen LogP contribution in [0.4, 0.5) is 8.78 Å². The van der Waals surface area contributed by atoms with E-state index in [1.165, 1.54) is 12.1 Å². The lowest BCUT2D eigenvalue weighted by atomic mass is 9.88. The molecule has 1 saturated heterocycles. The summed E-state index contributed by atoms with van der Waals surface area (Å²) in [7, 11) is 0. The standard InChI is InChI=1S/C15H18F2N4O/c16-12-4-2-1-3-11(12)14(17)10-5-7-21(8-6-10)9-13-18-15(22)20-19-13/h1-4,10,14H,5-9H2,(H2,18,19,20,22)/t14-/m1/s1. The van der Waals surface area contributed by atoms with Crippen LogP contribution >= 0.6 is 0 Å². The minimum Gasteiger partial charge on any atom is -0.296 e. The maximum Gasteiger partial charge on any atom is 0.340 e. The SMILES string of the molecule is O=c1[nH]nc(CN2CCC([C@@H](F)c3ccccc3F)CC2)[nH]1. The molecule has 22 heavy (non-hydrogen) atoms. The van der Waals surface area contributed by atoms with E-state index < -0.39 is 12.0 Å². The number of likely N-dealkylation sites (tertiary alicyclic amines) is 1. The summed E-state index contributed by atoms with van der Waals surface area (Å²) in [5.41, 5.74) is -0.175. The van der Waals surface area contributed by atoms with Crippen LogP contribution in [-0.2, 0) is 6.54 Å². The van der Waals surface area contributed by atoms with Crippen molar-refractivity contribution in [1.82, 2.24) is 20.1 Å². The van der Waals surface area contributed by atoms with E-state index in [4.69, 9.17) is 0 Å². The Morgan fingerprint density at radius 2 is 2.05 bits per heavy atom. The molecule has 118 valence electrons. The van der Waals surface area contributed by atoms with Crippen LogP contribution in [-0.4, -0.2) is 33.2 Å². The van der Waals surface area contributed by atoms with E-state index in [2.05, 4.69) is 20.1 Å². The Morgan fingerprint density at radius 1 is 1.32 bits per heavy atom. The Bertz CT molecular complexity index is 676. The van der Waals surface area contributed by atoms with Crippen LogP contribution in [0.1, 0.15) is 30.4 Å². The van der Waals surface area contributed by atoms with Gasteiger partial charge in [-0.15, -0.1) is 0 Å². The molecule has 0 radical (unpaired) electrons. The zero-order valence-electron chi connectivity index (χ0n) is 12.1. The highest BCUT2D eigenvalue weighted by Crippen LogP contribution is 2.35. The number of nitrogens with one attached hydrogen (secondary N) is 2. The fourth-order valence-corrected chi connectivity index (χ4v) is 2.95. The van der Waals surface area contributed by atoms with E-state index in [1.807, 2.05) is 0 Å². The van der Waals surface area contributed by atoms with E-state index in [1.54, 1.807) is 12.1 Å². The molecule has 0 unspecified atom stereocenters. The van der Waals surface area contributed by atoms with Gasteiger partial charge in [0.1, 0.15) is 17.8 Å². The average molecular weight is 308 g/mol. The molecule has 0 bridgehead atoms. The lowest BCUT2D eigenvalue weighted by Gasteiger charge is -2.33. The molecule has 2 heterocycles. The van der Waals surface area contributed by atoms with Crippen LogP contribution in [0.5, 0.6) is 0 Å². The quantitative estimate of drug-likeness (QED) is 0.909. The van der Waals surface area contributed by atoms with Crippen LogP contribution in [0.15, 0.2) is 29.1 Å². The first kappa shape index (κ1) is 14.9. The molecule has 2 N–H and O–H groups in total. The van der Waals surface area contributed by atoms with E-state index in [0.29, 0.717) is 38.3 Å². The summed E-state index contributed by atoms with van der Waals surface area (Å²) >= 11 is 0. The molecule has 1 fully saturated rings. The maximum absolute atomic E-state index is 14.5. The van der Waals surface area contributed by atoms with Crippen molar-refractivity contribution in [3.05, 3.63) is 52.0 Å². The lowest BCUT2D eigenvalue weighted by Crippen LogP contribution is -2.35. The molecule has 7 heteroatoms. The Morgan fingerprint density at radius 3 is 2.68 bits per heavy atom. The van der Waals surface area contributed by atoms with Gasteiger partial charge in [0.2, 0.25) is 0 Å². The van der Waals surface area contributed by atoms with Crippen molar-refractivity contribution in [3.63, 3.8) is 0 Å². The monoisotopic (exact) mass is 308 g/mol. The molecule has 0 spiro atoms. The van der Waals surface area contributed by atoms with Crippen molar-refractivity contribution in [1.29, 1.82) is 0 Å². The van der Waals surface area contributed by atoms with Crippen molar-refractivity contribution in [2.75, 3.05) is 13.1 Å². The summed E-state index contributed by atoms with van der Waals surface area (Å²) in [5.74, 6) is -0.0766. The molecule has 1 aliphatic heterocycles. The summed E-state index contributed by atoms with van der Waals surface area (Å²) in [5, 5.41) is 6.19. The van der Waals surface area contributed by atoms with Crippen molar-refractivity contribution < 1.29 is 8.78 Å². The first-order valence-electron chi connectivity index (χ1n) is 7.38. The maximum atomic E-state index is 14.5. The zero-order chi connectivity index (χ0) is 15.5. The first-order valence-corrected chi connectivity index (χ1v) is 7.38. The first-order chi connectivity index (χ1) is 10.6. The Labute approximate surface area is 126 Å². The number of H-pyrrole nitrogens is 2. The second kappa shape index (κ2) is 6.39. The van der Waals surface area contributed by atoms with Gasteiger partial charge in [0, 0.05) is 5.56 Å². The van der Waals surface area contributed by atoms with Gasteiger partial charge >= 0.3 is 5.69 Å². The second-order valence-corrected chi connectivity index (χ2v) is 5.66. The van der Waals surface area contributed by atoms with Crippen LogP contribution in [0.2, 0.25) is 0 Å². The number of hydrogen-bond acceptors (Lipinski definition) is 3. The molecule has 0 amide bonds. The van der Waals surface area contributed by atoms with Crippen LogP contribution in [0, 0.1) is 11.7 Å². The van der Waals surface area contributed by atoms with Crippen molar-refractivity contribution in [2.24, 2.45) is 5.92 Å². The number of aromatic amines is 2. The van der Waals surface area contributed by atoms with Crippen molar-refractivity contribution in [2.45, 2.75) is 25.6 Å². The summed E-state index contributed by atoms with van der Waals surface area (Å²) in [6.45, 7) is 1.94. The summed E-state index contributed by atoms with van der Waals surface area (Å²) in [4.78, 5) is 15.7. The van der Waals surface area contributed by atoms with Crippen molar-refractivity contribution >= 4 is 0 Å². The van der Waals surface area contributed by atoms with E-state index >= 15 is 0 Å². The van der Waals surface area contributed by atoms with Gasteiger partial charge in [-0.3, -0.25) is 9.88 Å². The summed E-state index contributed by atoms with van der Waals surface area (Å²) < 4.78 is 28.2. The largest absolute Gasteiger partial charge is 0.340 e. The highest BCUT2D eigenvalue weighted by Gasteiger charge is 2.29. The van der Waals surface area contributed by atoms with E-state index in [9.17, 15) is 13.6 Å². The molecular weight excluding hydrogens is 290 g/mol. The minimum absolute atomic E-state index is 0.151. The van der Waals surface area contributed by atoms with Gasteiger partial charge in [-0.2, -0.15) is 5.10 Å². The number of alkyl halides is 1. The van der Waals surface area contributed by atoms with Crippen LogP contribution in [0.25, 0.3) is 0 Å². The molecule has 0 aliphatic carbocycles. The molecular formula is C15H18F2N4O. The zero-order valence-corrected chi connectivity index (χ0v) is 12.1. The topological polar surface area (TPSA) is 64.8 Å². The smallest absolute Gasteiger partial charge is 0.296 e. The number of hydrogen-bond donors (Lipinski definition) is 2. The number of rotatable bonds is 4. The Balaban J connectivity index is 1.57. The minimum atomic E-state index is -1.27. The molecule has 1 atom stereocenters. The van der Waals surface area contributed by atoms with Crippen LogP contribution < -0.4 is 5.69 Å². The van der Waals surface area contributed by atoms with Gasteiger partial charge in [-0.05, 0) is 37.9 Å². The molecule has 2 aromatic rings. The predicted molar refractivity (Wildman–Crippen MR) is 77.5 cm³/mol. The van der Waals surface area contributed by atoms with E-state index in [0.717, 1.165) is 0 Å². The van der Waals surface area contributed by atoms with Gasteiger partial charge in [0.05, 0.1) is 6.54 Å². The molecule has 5 nitrogen and oxygen atoms in total. The molecule has 0 saturated carbocycles. The fraction of sp³-hybridized carbons (Fsp3) is 0.467. The molecule has 1 aromatic carbocycles. The number of aromatic nitrogens is 3. The number of benzene rings is 1. The fourth-order valence-electron chi connectivity index (χ4n) is 2.95. The molecule has 1 aliphatic rings.